The van der Waals surface area contributed by atoms with E-state index in [4.69, 9.17) is 9.84 Å². The molecule has 2 atom stereocenters. The molecule has 32 heavy (non-hydrogen) atoms. The van der Waals surface area contributed by atoms with E-state index in [1.165, 1.54) is 11.1 Å². The van der Waals surface area contributed by atoms with Crippen LogP contribution in [0.15, 0.2) is 48.5 Å². The number of nitrogens with one attached hydrogen (secondary N) is 2. The van der Waals surface area contributed by atoms with Gasteiger partial charge < -0.3 is 20.5 Å². The minimum absolute atomic E-state index is 0.00927. The molecule has 1 aliphatic rings. The van der Waals surface area contributed by atoms with Gasteiger partial charge in [0.05, 0.1) is 0 Å². The van der Waals surface area contributed by atoms with Crippen molar-refractivity contribution in [3.05, 3.63) is 59.7 Å². The van der Waals surface area contributed by atoms with Crippen LogP contribution < -0.4 is 10.6 Å². The summed E-state index contributed by atoms with van der Waals surface area (Å²) in [5.74, 6) is -1.28. The predicted molar refractivity (Wildman–Crippen MR) is 121 cm³/mol. The van der Waals surface area contributed by atoms with Crippen molar-refractivity contribution in [3.8, 4) is 11.1 Å². The van der Waals surface area contributed by atoms with Gasteiger partial charge in [-0.3, -0.25) is 4.79 Å². The summed E-state index contributed by atoms with van der Waals surface area (Å²) in [6.45, 7) is 4.26. The Balaban J connectivity index is 1.43. The summed E-state index contributed by atoms with van der Waals surface area (Å²) in [5.41, 5.74) is 4.68. The number of carboxylic acids is 1. The van der Waals surface area contributed by atoms with E-state index in [1.807, 2.05) is 31.2 Å². The van der Waals surface area contributed by atoms with Crippen molar-refractivity contribution in [2.45, 2.75) is 45.1 Å². The molecule has 1 aliphatic carbocycles. The van der Waals surface area contributed by atoms with Crippen molar-refractivity contribution in [3.63, 3.8) is 0 Å². The Labute approximate surface area is 188 Å². The van der Waals surface area contributed by atoms with E-state index in [0.717, 1.165) is 11.1 Å². The molecule has 0 aliphatic heterocycles. The normalized spacial score (nSPS) is 14.1. The summed E-state index contributed by atoms with van der Waals surface area (Å²) in [6.07, 6.45) is 0.586. The zero-order chi connectivity index (χ0) is 23.1. The van der Waals surface area contributed by atoms with Crippen LogP contribution in [0.4, 0.5) is 4.79 Å². The largest absolute Gasteiger partial charge is 0.480 e. The third-order valence-corrected chi connectivity index (χ3v) is 5.84. The van der Waals surface area contributed by atoms with Crippen molar-refractivity contribution in [2.75, 3.05) is 13.2 Å². The van der Waals surface area contributed by atoms with Gasteiger partial charge in [0.1, 0.15) is 12.6 Å². The van der Waals surface area contributed by atoms with Gasteiger partial charge in [-0.15, -0.1) is 0 Å². The lowest BCUT2D eigenvalue weighted by atomic mass is 9.98. The number of benzene rings is 2. The monoisotopic (exact) mass is 438 g/mol. The van der Waals surface area contributed by atoms with E-state index in [-0.39, 0.29) is 30.8 Å². The van der Waals surface area contributed by atoms with Crippen LogP contribution in [-0.4, -0.2) is 42.3 Å². The molecule has 1 unspecified atom stereocenters. The third-order valence-electron chi connectivity index (χ3n) is 5.84. The lowest BCUT2D eigenvalue weighted by Crippen LogP contribution is -2.40. The van der Waals surface area contributed by atoms with E-state index in [1.54, 1.807) is 6.92 Å². The number of carbonyl (C=O) groups is 3. The SMILES string of the molecule is CC[C@@H](NC(=O)CCC(C)CNC(=O)OCC1c2ccccc2-c2ccccc21)C(=O)O. The van der Waals surface area contributed by atoms with Gasteiger partial charge in [0.15, 0.2) is 0 Å². The molecule has 2 aromatic carbocycles. The Morgan fingerprint density at radius 3 is 2.19 bits per heavy atom. The fourth-order valence-electron chi connectivity index (χ4n) is 3.99. The molecule has 0 bridgehead atoms. The standard InChI is InChI=1S/C25H30N2O5/c1-3-22(24(29)30)27-23(28)13-12-16(2)14-26-25(31)32-15-21-19-10-6-4-8-17(19)18-9-5-7-11-20(18)21/h4-11,16,21-22H,3,12-15H2,1-2H3,(H,26,31)(H,27,28)(H,29,30)/t16?,22-/m1/s1. The Bertz CT molecular complexity index is 929. The van der Waals surface area contributed by atoms with Crippen LogP contribution in [0.2, 0.25) is 0 Å². The number of hydrogen-bond acceptors (Lipinski definition) is 4. The molecule has 0 saturated heterocycles. The van der Waals surface area contributed by atoms with E-state index in [9.17, 15) is 14.4 Å². The molecule has 0 spiro atoms. The molecule has 3 rings (SSSR count). The number of carbonyl (C=O) groups excluding carboxylic acids is 2. The Kier molecular flexibility index (Phi) is 7.87. The maximum Gasteiger partial charge on any atom is 0.407 e. The van der Waals surface area contributed by atoms with Gasteiger partial charge in [-0.25, -0.2) is 9.59 Å². The second-order valence-corrected chi connectivity index (χ2v) is 8.22. The minimum atomic E-state index is -1.04. The molecule has 7 nitrogen and oxygen atoms in total. The summed E-state index contributed by atoms with van der Waals surface area (Å²) in [6, 6.07) is 15.5. The summed E-state index contributed by atoms with van der Waals surface area (Å²) >= 11 is 0. The van der Waals surface area contributed by atoms with E-state index >= 15 is 0 Å². The van der Waals surface area contributed by atoms with Crippen LogP contribution in [-0.2, 0) is 14.3 Å². The van der Waals surface area contributed by atoms with Gasteiger partial charge in [0.2, 0.25) is 5.91 Å². The van der Waals surface area contributed by atoms with Crippen molar-refractivity contribution >= 4 is 18.0 Å². The highest BCUT2D eigenvalue weighted by Gasteiger charge is 2.29. The summed E-state index contributed by atoms with van der Waals surface area (Å²) in [4.78, 5) is 35.2. The Hall–Kier alpha value is -3.35. The fraction of sp³-hybridized carbons (Fsp3) is 0.400. The highest BCUT2D eigenvalue weighted by Crippen LogP contribution is 2.44. The zero-order valence-corrected chi connectivity index (χ0v) is 18.5. The van der Waals surface area contributed by atoms with Gasteiger partial charge in [-0.1, -0.05) is 62.4 Å². The quantitative estimate of drug-likeness (QED) is 0.521. The first-order valence-corrected chi connectivity index (χ1v) is 11.0. The first kappa shape index (κ1) is 23.3. The van der Waals surface area contributed by atoms with Crippen LogP contribution in [0.1, 0.15) is 50.2 Å². The minimum Gasteiger partial charge on any atom is -0.480 e. The summed E-state index contributed by atoms with van der Waals surface area (Å²) < 4.78 is 5.51. The van der Waals surface area contributed by atoms with Crippen LogP contribution in [0.5, 0.6) is 0 Å². The van der Waals surface area contributed by atoms with Gasteiger partial charge >= 0.3 is 12.1 Å². The van der Waals surface area contributed by atoms with Crippen LogP contribution >= 0.6 is 0 Å². The molecule has 0 aromatic heterocycles. The zero-order valence-electron chi connectivity index (χ0n) is 18.5. The lowest BCUT2D eigenvalue weighted by Gasteiger charge is -2.16. The molecule has 0 fully saturated rings. The summed E-state index contributed by atoms with van der Waals surface area (Å²) in [7, 11) is 0. The van der Waals surface area contributed by atoms with E-state index in [2.05, 4.69) is 34.9 Å². The lowest BCUT2D eigenvalue weighted by molar-refractivity contribution is -0.141. The molecule has 0 saturated carbocycles. The van der Waals surface area contributed by atoms with Gasteiger partial charge in [0.25, 0.3) is 0 Å². The third kappa shape index (κ3) is 5.66. The van der Waals surface area contributed by atoms with Gasteiger partial charge in [-0.2, -0.15) is 0 Å². The number of aliphatic carboxylic acids is 1. The molecule has 0 heterocycles. The fourth-order valence-corrected chi connectivity index (χ4v) is 3.99. The van der Waals surface area contributed by atoms with Crippen LogP contribution in [0, 0.1) is 5.92 Å². The number of carboxylic acid groups (broad SMARTS) is 1. The number of fused-ring (bicyclic) bond motifs is 3. The smallest absolute Gasteiger partial charge is 0.407 e. The topological polar surface area (TPSA) is 105 Å². The molecule has 7 heteroatoms. The molecule has 3 N–H and O–H groups in total. The number of hydrogen-bond donors (Lipinski definition) is 3. The Morgan fingerprint density at radius 2 is 1.62 bits per heavy atom. The van der Waals surface area contributed by atoms with E-state index < -0.39 is 18.1 Å². The maximum atomic E-state index is 12.2. The van der Waals surface area contributed by atoms with Crippen molar-refractivity contribution in [1.82, 2.24) is 10.6 Å². The molecule has 0 radical (unpaired) electrons. The first-order valence-electron chi connectivity index (χ1n) is 11.0. The maximum absolute atomic E-state index is 12.2. The molecular formula is C25H30N2O5. The number of ether oxygens (including phenoxy) is 1. The van der Waals surface area contributed by atoms with Gasteiger partial charge in [-0.05, 0) is 41.0 Å². The Morgan fingerprint density at radius 1 is 1.03 bits per heavy atom. The van der Waals surface area contributed by atoms with Crippen molar-refractivity contribution < 1.29 is 24.2 Å². The summed E-state index contributed by atoms with van der Waals surface area (Å²) in [5, 5.41) is 14.3. The second-order valence-electron chi connectivity index (χ2n) is 8.22. The average molecular weight is 439 g/mol. The van der Waals surface area contributed by atoms with E-state index in [0.29, 0.717) is 19.4 Å². The number of amides is 2. The number of rotatable bonds is 10. The molecule has 2 aromatic rings. The van der Waals surface area contributed by atoms with Gasteiger partial charge in [0, 0.05) is 18.9 Å². The van der Waals surface area contributed by atoms with Crippen LogP contribution in [0.25, 0.3) is 11.1 Å². The molecule has 2 amide bonds. The first-order chi connectivity index (χ1) is 15.4. The average Bonchev–Trinajstić information content (AvgIpc) is 3.12. The predicted octanol–water partition coefficient (Wildman–Crippen LogP) is 3.92. The van der Waals surface area contributed by atoms with Crippen LogP contribution in [0.3, 0.4) is 0 Å². The molecule has 170 valence electrons. The molecular weight excluding hydrogens is 408 g/mol. The van der Waals surface area contributed by atoms with Crippen molar-refractivity contribution in [1.29, 1.82) is 0 Å². The number of alkyl carbamates (subject to hydrolysis) is 1. The van der Waals surface area contributed by atoms with Crippen molar-refractivity contribution in [2.24, 2.45) is 5.92 Å². The highest BCUT2D eigenvalue weighted by molar-refractivity contribution is 5.83. The highest BCUT2D eigenvalue weighted by atomic mass is 16.5. The second kappa shape index (κ2) is 10.8.